The fourth-order valence-electron chi connectivity index (χ4n) is 0.863. The molecule has 1 aromatic rings. The molecule has 1 rings (SSSR count). The van der Waals surface area contributed by atoms with Gasteiger partial charge >= 0.3 is 0 Å². The van der Waals surface area contributed by atoms with Gasteiger partial charge in [0.15, 0.2) is 0 Å². The van der Waals surface area contributed by atoms with Gasteiger partial charge in [0.25, 0.3) is 0 Å². The summed E-state index contributed by atoms with van der Waals surface area (Å²) in [5.74, 6) is -0.466. The van der Waals surface area contributed by atoms with Gasteiger partial charge in [-0.15, -0.1) is 0 Å². The van der Waals surface area contributed by atoms with Crippen LogP contribution in [-0.2, 0) is 0 Å². The first kappa shape index (κ1) is 8.65. The summed E-state index contributed by atoms with van der Waals surface area (Å²) in [6, 6.07) is 2.98. The zero-order chi connectivity index (χ0) is 8.97. The van der Waals surface area contributed by atoms with Crippen LogP contribution >= 0.6 is 0 Å². The second kappa shape index (κ2) is 3.81. The molecule has 0 fully saturated rings. The first-order valence-electron chi connectivity index (χ1n) is 3.67. The summed E-state index contributed by atoms with van der Waals surface area (Å²) in [4.78, 5) is 3.52. The SMILES string of the molecule is C=C(/C=C\C)c1ccc(F)nc1. The van der Waals surface area contributed by atoms with Gasteiger partial charge in [-0.3, -0.25) is 0 Å². The van der Waals surface area contributed by atoms with Crippen LogP contribution in [0.5, 0.6) is 0 Å². The van der Waals surface area contributed by atoms with Crippen LogP contribution in [0.3, 0.4) is 0 Å². The van der Waals surface area contributed by atoms with Crippen molar-refractivity contribution in [2.75, 3.05) is 0 Å². The molecule has 0 amide bonds. The second-order valence-corrected chi connectivity index (χ2v) is 2.39. The minimum atomic E-state index is -0.466. The molecule has 2 heteroatoms. The fraction of sp³-hybridized carbons (Fsp3) is 0.100. The van der Waals surface area contributed by atoms with Crippen LogP contribution in [0.1, 0.15) is 12.5 Å². The molecule has 1 nitrogen and oxygen atoms in total. The maximum atomic E-state index is 12.4. The fourth-order valence-corrected chi connectivity index (χ4v) is 0.863. The first-order chi connectivity index (χ1) is 5.74. The third kappa shape index (κ3) is 2.02. The Hall–Kier alpha value is -1.44. The lowest BCUT2D eigenvalue weighted by molar-refractivity contribution is 0.583. The highest BCUT2D eigenvalue weighted by Gasteiger charge is 1.95. The van der Waals surface area contributed by atoms with E-state index in [0.29, 0.717) is 0 Å². The zero-order valence-corrected chi connectivity index (χ0v) is 6.92. The molecule has 1 heterocycles. The third-order valence-corrected chi connectivity index (χ3v) is 1.47. The molecule has 0 N–H and O–H groups in total. The molecule has 0 radical (unpaired) electrons. The van der Waals surface area contributed by atoms with Crippen LogP contribution < -0.4 is 0 Å². The molecule has 62 valence electrons. The highest BCUT2D eigenvalue weighted by molar-refractivity contribution is 5.71. The Labute approximate surface area is 71.3 Å². The summed E-state index contributed by atoms with van der Waals surface area (Å²) < 4.78 is 12.4. The van der Waals surface area contributed by atoms with Gasteiger partial charge in [0.05, 0.1) is 0 Å². The Kier molecular flexibility index (Phi) is 2.75. The van der Waals surface area contributed by atoms with E-state index in [1.165, 1.54) is 12.3 Å². The summed E-state index contributed by atoms with van der Waals surface area (Å²) in [5, 5.41) is 0. The Morgan fingerprint density at radius 3 is 2.83 bits per heavy atom. The van der Waals surface area contributed by atoms with Crippen molar-refractivity contribution < 1.29 is 4.39 Å². The smallest absolute Gasteiger partial charge is 0.212 e. The van der Waals surface area contributed by atoms with E-state index in [-0.39, 0.29) is 0 Å². The molecule has 0 bridgehead atoms. The summed E-state index contributed by atoms with van der Waals surface area (Å²) in [7, 11) is 0. The van der Waals surface area contributed by atoms with Gasteiger partial charge in [0.1, 0.15) is 0 Å². The van der Waals surface area contributed by atoms with E-state index in [0.717, 1.165) is 11.1 Å². The van der Waals surface area contributed by atoms with Crippen LogP contribution in [0.25, 0.3) is 5.57 Å². The average molecular weight is 163 g/mol. The second-order valence-electron chi connectivity index (χ2n) is 2.39. The Morgan fingerprint density at radius 2 is 2.33 bits per heavy atom. The zero-order valence-electron chi connectivity index (χ0n) is 6.92. The Bertz CT molecular complexity index is 298. The summed E-state index contributed by atoms with van der Waals surface area (Å²) in [5.41, 5.74) is 1.68. The normalized spacial score (nSPS) is 10.5. The maximum Gasteiger partial charge on any atom is 0.212 e. The number of pyridine rings is 1. The lowest BCUT2D eigenvalue weighted by Gasteiger charge is -1.97. The van der Waals surface area contributed by atoms with Gasteiger partial charge in [0.2, 0.25) is 5.95 Å². The van der Waals surface area contributed by atoms with E-state index in [2.05, 4.69) is 11.6 Å². The van der Waals surface area contributed by atoms with E-state index >= 15 is 0 Å². The monoisotopic (exact) mass is 163 g/mol. The summed E-state index contributed by atoms with van der Waals surface area (Å²) >= 11 is 0. The van der Waals surface area contributed by atoms with Crippen molar-refractivity contribution in [2.24, 2.45) is 0 Å². The molecule has 0 aliphatic heterocycles. The minimum absolute atomic E-state index is 0.466. The average Bonchev–Trinajstić information content (AvgIpc) is 2.06. The number of halogens is 1. The van der Waals surface area contributed by atoms with Gasteiger partial charge < -0.3 is 0 Å². The minimum Gasteiger partial charge on any atom is -0.228 e. The van der Waals surface area contributed by atoms with Crippen molar-refractivity contribution in [1.29, 1.82) is 0 Å². The van der Waals surface area contributed by atoms with Crippen LogP contribution in [0, 0.1) is 5.95 Å². The van der Waals surface area contributed by atoms with E-state index in [9.17, 15) is 4.39 Å². The van der Waals surface area contributed by atoms with E-state index in [1.807, 2.05) is 19.1 Å². The van der Waals surface area contributed by atoms with Crippen LogP contribution in [0.2, 0.25) is 0 Å². The van der Waals surface area contributed by atoms with Crippen molar-refractivity contribution in [2.45, 2.75) is 6.92 Å². The maximum absolute atomic E-state index is 12.4. The molecular formula is C10H10FN. The van der Waals surface area contributed by atoms with Gasteiger partial charge in [-0.05, 0) is 30.2 Å². The first-order valence-corrected chi connectivity index (χ1v) is 3.67. The van der Waals surface area contributed by atoms with E-state index in [1.54, 1.807) is 6.07 Å². The molecule has 12 heavy (non-hydrogen) atoms. The standard InChI is InChI=1S/C10H10FN/c1-3-4-8(2)9-5-6-10(11)12-7-9/h3-7H,2H2,1H3/b4-3-. The molecule has 1 aromatic heterocycles. The van der Waals surface area contributed by atoms with Gasteiger partial charge in [-0.25, -0.2) is 4.98 Å². The van der Waals surface area contributed by atoms with Gasteiger partial charge in [-0.1, -0.05) is 18.7 Å². The number of nitrogens with zero attached hydrogens (tertiary/aromatic N) is 1. The van der Waals surface area contributed by atoms with Gasteiger partial charge in [0, 0.05) is 6.20 Å². The largest absolute Gasteiger partial charge is 0.228 e. The van der Waals surface area contributed by atoms with Crippen molar-refractivity contribution in [3.8, 4) is 0 Å². The predicted molar refractivity (Wildman–Crippen MR) is 48.0 cm³/mol. The molecule has 0 atom stereocenters. The molecule has 0 aliphatic rings. The highest BCUT2D eigenvalue weighted by atomic mass is 19.1. The van der Waals surface area contributed by atoms with Crippen LogP contribution in [-0.4, -0.2) is 4.98 Å². The Balaban J connectivity index is 2.90. The lowest BCUT2D eigenvalue weighted by Crippen LogP contribution is -1.84. The van der Waals surface area contributed by atoms with Crippen molar-refractivity contribution in [1.82, 2.24) is 4.98 Å². The molecule has 0 aliphatic carbocycles. The predicted octanol–water partition coefficient (Wildman–Crippen LogP) is 2.81. The number of rotatable bonds is 2. The quantitative estimate of drug-likeness (QED) is 0.482. The van der Waals surface area contributed by atoms with Gasteiger partial charge in [-0.2, -0.15) is 4.39 Å². The van der Waals surface area contributed by atoms with E-state index in [4.69, 9.17) is 0 Å². The summed E-state index contributed by atoms with van der Waals surface area (Å²) in [6.07, 6.45) is 5.21. The molecule has 0 saturated heterocycles. The van der Waals surface area contributed by atoms with Crippen LogP contribution in [0.15, 0.2) is 37.1 Å². The van der Waals surface area contributed by atoms with Crippen molar-refractivity contribution >= 4 is 5.57 Å². The number of allylic oxidation sites excluding steroid dienone is 3. The molecular weight excluding hydrogens is 153 g/mol. The molecule has 0 aromatic carbocycles. The molecule has 0 unspecified atom stereocenters. The Morgan fingerprint density at radius 1 is 1.58 bits per heavy atom. The van der Waals surface area contributed by atoms with Crippen molar-refractivity contribution in [3.63, 3.8) is 0 Å². The summed E-state index contributed by atoms with van der Waals surface area (Å²) in [6.45, 7) is 5.70. The number of hydrogen-bond donors (Lipinski definition) is 0. The van der Waals surface area contributed by atoms with Crippen LogP contribution in [0.4, 0.5) is 4.39 Å². The number of aromatic nitrogens is 1. The van der Waals surface area contributed by atoms with E-state index < -0.39 is 5.95 Å². The van der Waals surface area contributed by atoms with Crippen molar-refractivity contribution in [3.05, 3.63) is 48.6 Å². The molecule has 0 saturated carbocycles. The third-order valence-electron chi connectivity index (χ3n) is 1.47. The highest BCUT2D eigenvalue weighted by Crippen LogP contribution is 2.11. The number of hydrogen-bond acceptors (Lipinski definition) is 1. The lowest BCUT2D eigenvalue weighted by atomic mass is 10.1. The molecule has 0 spiro atoms. The topological polar surface area (TPSA) is 12.9 Å².